The number of rotatable bonds is 3. The first-order valence-electron chi connectivity index (χ1n) is 8.07. The summed E-state index contributed by atoms with van der Waals surface area (Å²) in [6.45, 7) is 2.28. The van der Waals surface area contributed by atoms with Gasteiger partial charge in [0.25, 0.3) is 0 Å². The number of hydrogen-bond acceptors (Lipinski definition) is 5. The molecule has 0 radical (unpaired) electrons. The number of hydrazine groups is 1. The Morgan fingerprint density at radius 3 is 2.58 bits per heavy atom. The van der Waals surface area contributed by atoms with Crippen LogP contribution in [0.15, 0.2) is 53.1 Å². The summed E-state index contributed by atoms with van der Waals surface area (Å²) in [5.41, 5.74) is 2.12. The third kappa shape index (κ3) is 3.15. The number of anilines is 1. The van der Waals surface area contributed by atoms with Crippen LogP contribution in [-0.2, 0) is 4.79 Å². The molecule has 0 bridgehead atoms. The minimum Gasteiger partial charge on any atom is -0.495 e. The van der Waals surface area contributed by atoms with E-state index in [0.29, 0.717) is 6.54 Å². The predicted octanol–water partition coefficient (Wildman–Crippen LogP) is 2.27. The molecule has 26 heavy (non-hydrogen) atoms. The van der Waals surface area contributed by atoms with Gasteiger partial charge < -0.3 is 20.7 Å². The van der Waals surface area contributed by atoms with Gasteiger partial charge in [-0.15, -0.1) is 0 Å². The van der Waals surface area contributed by atoms with E-state index < -0.39 is 29.3 Å². The highest BCUT2D eigenvalue weighted by Crippen LogP contribution is 2.29. The van der Waals surface area contributed by atoms with Gasteiger partial charge in [-0.25, -0.2) is 13.8 Å². The van der Waals surface area contributed by atoms with Crippen molar-refractivity contribution in [1.82, 2.24) is 15.3 Å². The molecule has 2 aliphatic heterocycles. The van der Waals surface area contributed by atoms with Crippen LogP contribution in [0.1, 0.15) is 6.92 Å². The van der Waals surface area contributed by atoms with Crippen LogP contribution in [0.25, 0.3) is 0 Å². The number of likely N-dealkylation sites (N-methyl/N-ethyl adjacent to an activating group) is 2. The van der Waals surface area contributed by atoms with Crippen molar-refractivity contribution in [2.24, 2.45) is 0 Å². The molecule has 0 fully saturated rings. The lowest BCUT2D eigenvalue weighted by Gasteiger charge is -2.30. The summed E-state index contributed by atoms with van der Waals surface area (Å²) >= 11 is 0. The molecule has 1 unspecified atom stereocenters. The second-order valence-corrected chi connectivity index (χ2v) is 6.22. The summed E-state index contributed by atoms with van der Waals surface area (Å²) in [6.07, 6.45) is 3.33. The molecule has 0 aromatic heterocycles. The van der Waals surface area contributed by atoms with Crippen molar-refractivity contribution in [2.75, 3.05) is 26.0 Å². The highest BCUT2D eigenvalue weighted by Gasteiger charge is 2.34. The van der Waals surface area contributed by atoms with Gasteiger partial charge in [0.1, 0.15) is 23.4 Å². The summed E-state index contributed by atoms with van der Waals surface area (Å²) in [5.74, 6) is -2.11. The quantitative estimate of drug-likeness (QED) is 0.770. The number of aliphatic hydroxyl groups is 1. The molecule has 1 aromatic rings. The maximum absolute atomic E-state index is 13.8. The molecule has 2 aliphatic rings. The number of carbonyl (C=O) groups excluding carboxylic acids is 1. The normalized spacial score (nSPS) is 20.7. The van der Waals surface area contributed by atoms with E-state index in [1.165, 1.54) is 6.07 Å². The van der Waals surface area contributed by atoms with E-state index in [0.717, 1.165) is 29.0 Å². The van der Waals surface area contributed by atoms with E-state index in [4.69, 9.17) is 0 Å². The Morgan fingerprint density at radius 1 is 1.31 bits per heavy atom. The van der Waals surface area contributed by atoms with Crippen LogP contribution >= 0.6 is 0 Å². The van der Waals surface area contributed by atoms with E-state index >= 15 is 0 Å². The van der Waals surface area contributed by atoms with Crippen molar-refractivity contribution >= 4 is 11.6 Å². The second-order valence-electron chi connectivity index (χ2n) is 6.22. The van der Waals surface area contributed by atoms with Crippen LogP contribution < -0.4 is 10.6 Å². The number of amides is 1. The first kappa shape index (κ1) is 17.9. The van der Waals surface area contributed by atoms with Crippen molar-refractivity contribution in [3.8, 4) is 0 Å². The third-order valence-electron chi connectivity index (χ3n) is 4.60. The Kier molecular flexibility index (Phi) is 4.69. The molecule has 3 N–H and O–H groups in total. The van der Waals surface area contributed by atoms with E-state index in [1.54, 1.807) is 36.3 Å². The third-order valence-corrected chi connectivity index (χ3v) is 4.60. The number of halogens is 2. The van der Waals surface area contributed by atoms with Gasteiger partial charge in [0.15, 0.2) is 5.88 Å². The summed E-state index contributed by atoms with van der Waals surface area (Å²) in [6, 6.07) is 2.69. The molecule has 1 amide bonds. The maximum atomic E-state index is 13.8. The fraction of sp³-hybridized carbons (Fsp3) is 0.278. The van der Waals surface area contributed by atoms with Crippen molar-refractivity contribution in [3.05, 3.63) is 64.7 Å². The van der Waals surface area contributed by atoms with Crippen LogP contribution in [0.3, 0.4) is 0 Å². The molecule has 0 saturated heterocycles. The standard InChI is InChI=1S/C18H20F2N4O2/c1-10-7-16(25)21-9-11(10)14-8-15(24(3)23(14)2)18(26)22-17-12(19)5-4-6-13(17)20/h4-8,15,21,25H,9H2,1-3H3,(H,22,26). The van der Waals surface area contributed by atoms with Gasteiger partial charge in [-0.2, -0.15) is 0 Å². The topological polar surface area (TPSA) is 67.8 Å². The van der Waals surface area contributed by atoms with Gasteiger partial charge in [0.2, 0.25) is 5.91 Å². The Labute approximate surface area is 150 Å². The molecular weight excluding hydrogens is 342 g/mol. The average molecular weight is 362 g/mol. The molecular formula is C18H20F2N4O2. The van der Waals surface area contributed by atoms with Crippen LogP contribution in [0.4, 0.5) is 14.5 Å². The molecule has 0 saturated carbocycles. The summed E-state index contributed by atoms with van der Waals surface area (Å²) < 4.78 is 27.6. The first-order chi connectivity index (χ1) is 12.3. The number of hydrogen-bond donors (Lipinski definition) is 3. The highest BCUT2D eigenvalue weighted by atomic mass is 19.1. The first-order valence-corrected chi connectivity index (χ1v) is 8.07. The Morgan fingerprint density at radius 2 is 1.96 bits per heavy atom. The maximum Gasteiger partial charge on any atom is 0.247 e. The molecule has 3 rings (SSSR count). The molecule has 6 nitrogen and oxygen atoms in total. The number of allylic oxidation sites excluding steroid dienone is 2. The van der Waals surface area contributed by atoms with E-state index in [1.807, 2.05) is 6.92 Å². The van der Waals surface area contributed by atoms with Gasteiger partial charge in [-0.1, -0.05) is 6.07 Å². The lowest BCUT2D eigenvalue weighted by Crippen LogP contribution is -2.43. The fourth-order valence-electron chi connectivity index (χ4n) is 3.03. The lowest BCUT2D eigenvalue weighted by atomic mass is 10.0. The van der Waals surface area contributed by atoms with E-state index in [2.05, 4.69) is 10.6 Å². The largest absolute Gasteiger partial charge is 0.495 e. The number of nitrogens with zero attached hydrogens (tertiary/aromatic N) is 2. The summed E-state index contributed by atoms with van der Waals surface area (Å²) in [7, 11) is 3.51. The molecule has 0 spiro atoms. The fourth-order valence-corrected chi connectivity index (χ4v) is 3.03. The van der Waals surface area contributed by atoms with Crippen LogP contribution in [0.2, 0.25) is 0 Å². The van der Waals surface area contributed by atoms with Gasteiger partial charge in [-0.05, 0) is 36.3 Å². The van der Waals surface area contributed by atoms with Crippen molar-refractivity contribution in [2.45, 2.75) is 13.0 Å². The number of aliphatic hydroxyl groups excluding tert-OH is 1. The minimum atomic E-state index is -0.827. The van der Waals surface area contributed by atoms with Crippen LogP contribution in [0, 0.1) is 11.6 Å². The average Bonchev–Trinajstić information content (AvgIpc) is 2.87. The monoisotopic (exact) mass is 362 g/mol. The van der Waals surface area contributed by atoms with Crippen molar-refractivity contribution < 1.29 is 18.7 Å². The van der Waals surface area contributed by atoms with Gasteiger partial charge >= 0.3 is 0 Å². The number of nitrogens with one attached hydrogen (secondary N) is 2. The number of dihydropyridines is 1. The Balaban J connectivity index is 1.88. The molecule has 1 aromatic carbocycles. The van der Waals surface area contributed by atoms with E-state index in [-0.39, 0.29) is 5.88 Å². The van der Waals surface area contributed by atoms with Crippen LogP contribution in [0.5, 0.6) is 0 Å². The second kappa shape index (κ2) is 6.80. The minimum absolute atomic E-state index is 0.0881. The van der Waals surface area contributed by atoms with Crippen LogP contribution in [-0.4, -0.2) is 47.7 Å². The van der Waals surface area contributed by atoms with E-state index in [9.17, 15) is 18.7 Å². The van der Waals surface area contributed by atoms with Crippen molar-refractivity contribution in [1.29, 1.82) is 0 Å². The lowest BCUT2D eigenvalue weighted by molar-refractivity contribution is -0.122. The molecule has 138 valence electrons. The number of carbonyl (C=O) groups is 1. The number of benzene rings is 1. The van der Waals surface area contributed by atoms with Gasteiger partial charge in [-0.3, -0.25) is 4.79 Å². The molecule has 1 atom stereocenters. The zero-order valence-electron chi connectivity index (χ0n) is 14.7. The Hall–Kier alpha value is -2.87. The summed E-state index contributed by atoms with van der Waals surface area (Å²) in [5, 5.41) is 18.2. The zero-order chi connectivity index (χ0) is 19.0. The smallest absolute Gasteiger partial charge is 0.247 e. The molecule has 0 aliphatic carbocycles. The Bertz CT molecular complexity index is 827. The van der Waals surface area contributed by atoms with Gasteiger partial charge in [0.05, 0.1) is 5.70 Å². The predicted molar refractivity (Wildman–Crippen MR) is 93.8 cm³/mol. The van der Waals surface area contributed by atoms with Crippen molar-refractivity contribution in [3.63, 3.8) is 0 Å². The summed E-state index contributed by atoms with van der Waals surface area (Å²) in [4.78, 5) is 12.6. The molecule has 8 heteroatoms. The molecule has 2 heterocycles. The number of para-hydroxylation sites is 1. The highest BCUT2D eigenvalue weighted by molar-refractivity contribution is 5.96. The van der Waals surface area contributed by atoms with Gasteiger partial charge in [0, 0.05) is 26.7 Å². The zero-order valence-corrected chi connectivity index (χ0v) is 14.7. The SMILES string of the molecule is CC1=C(C2=CC(C(=O)Nc3c(F)cccc3F)N(C)N2C)CNC(O)=C1.